The van der Waals surface area contributed by atoms with Crippen molar-refractivity contribution >= 4 is 0 Å². The van der Waals surface area contributed by atoms with Crippen LogP contribution in [0.15, 0.2) is 89.5 Å². The standard InChI is InChI=1S/2C10H14O.2C7H9.Zr/c2*1-10(2,3)8-4-6-9(11)7-5-8;2*1-6-3-4-7(2)5-6;/h2*4-7,11H,1-3H3;2*3H,4H2,1-2H3;/q;;;;+2/p-2. The summed E-state index contributed by atoms with van der Waals surface area (Å²) >= 11 is -4.24. The Hall–Kier alpha value is -2.12. The van der Waals surface area contributed by atoms with Crippen LogP contribution in [0, 0.1) is 0 Å². The molecule has 0 heterocycles. The number of allylic oxidation sites excluding steroid dienone is 8. The van der Waals surface area contributed by atoms with Gasteiger partial charge < -0.3 is 0 Å². The Morgan fingerprint density at radius 3 is 1.11 bits per heavy atom. The van der Waals surface area contributed by atoms with E-state index < -0.39 is 21.1 Å². The van der Waals surface area contributed by atoms with Gasteiger partial charge in [0.15, 0.2) is 0 Å². The molecule has 4 rings (SSSR count). The van der Waals surface area contributed by atoms with Gasteiger partial charge in [-0.2, -0.15) is 0 Å². The van der Waals surface area contributed by atoms with Crippen molar-refractivity contribution in [2.75, 3.05) is 0 Å². The predicted octanol–water partition coefficient (Wildman–Crippen LogP) is 9.97. The van der Waals surface area contributed by atoms with Crippen LogP contribution in [0.5, 0.6) is 11.5 Å². The zero-order valence-corrected chi connectivity index (χ0v) is 27.0. The van der Waals surface area contributed by atoms with E-state index in [2.05, 4.69) is 130 Å². The van der Waals surface area contributed by atoms with Crippen molar-refractivity contribution in [1.82, 2.24) is 0 Å². The molecule has 0 saturated carbocycles. The van der Waals surface area contributed by atoms with Crippen molar-refractivity contribution in [2.24, 2.45) is 0 Å². The molecule has 37 heavy (non-hydrogen) atoms. The summed E-state index contributed by atoms with van der Waals surface area (Å²) in [6, 6.07) is 17.4. The summed E-state index contributed by atoms with van der Waals surface area (Å²) < 4.78 is 17.3. The van der Waals surface area contributed by atoms with Crippen molar-refractivity contribution in [2.45, 2.75) is 92.9 Å². The van der Waals surface area contributed by atoms with E-state index in [1.807, 2.05) is 0 Å². The van der Waals surface area contributed by atoms with E-state index in [1.54, 1.807) is 0 Å². The molecule has 0 atom stereocenters. The fraction of sp³-hybridized carbons (Fsp3) is 0.412. The Morgan fingerprint density at radius 1 is 0.541 bits per heavy atom. The van der Waals surface area contributed by atoms with Crippen LogP contribution in [0.4, 0.5) is 0 Å². The van der Waals surface area contributed by atoms with Gasteiger partial charge in [-0.15, -0.1) is 0 Å². The zero-order chi connectivity index (χ0) is 27.2. The van der Waals surface area contributed by atoms with Gasteiger partial charge in [-0.25, -0.2) is 0 Å². The van der Waals surface area contributed by atoms with E-state index >= 15 is 0 Å². The normalized spacial score (nSPS) is 16.8. The molecule has 2 aromatic carbocycles. The van der Waals surface area contributed by atoms with Crippen LogP contribution in [0.25, 0.3) is 0 Å². The van der Waals surface area contributed by atoms with Gasteiger partial charge in [0, 0.05) is 0 Å². The van der Waals surface area contributed by atoms with Gasteiger partial charge in [-0.1, -0.05) is 0 Å². The third-order valence-corrected chi connectivity index (χ3v) is 17.5. The second kappa shape index (κ2) is 10.2. The van der Waals surface area contributed by atoms with Crippen LogP contribution in [0.3, 0.4) is 0 Å². The Labute approximate surface area is 230 Å². The molecule has 0 aliphatic heterocycles. The first-order chi connectivity index (χ1) is 17.2. The summed E-state index contributed by atoms with van der Waals surface area (Å²) in [5, 5.41) is 0. The minimum atomic E-state index is -4.24. The molecule has 0 radical (unpaired) electrons. The molecule has 0 fully saturated rings. The third-order valence-electron chi connectivity index (χ3n) is 7.69. The molecule has 0 aromatic heterocycles. The van der Waals surface area contributed by atoms with Gasteiger partial charge in [0.1, 0.15) is 0 Å². The molecule has 3 heteroatoms. The molecule has 0 spiro atoms. The van der Waals surface area contributed by atoms with Gasteiger partial charge >= 0.3 is 232 Å². The van der Waals surface area contributed by atoms with Crippen LogP contribution in [0.1, 0.15) is 93.2 Å². The number of benzene rings is 2. The SMILES string of the molecule is CC1=CCC(C)=[C]1[Zr]([O]c1ccc(C(C)(C)C)cc1)([O]c1ccc(C(C)(C)C)cc1)[C]1=C(C)CC=C1C. The second-order valence-electron chi connectivity index (χ2n) is 12.9. The van der Waals surface area contributed by atoms with E-state index in [9.17, 15) is 0 Å². The maximum atomic E-state index is 7.31. The number of rotatable bonds is 6. The van der Waals surface area contributed by atoms with Gasteiger partial charge in [0.2, 0.25) is 0 Å². The molecule has 2 aliphatic carbocycles. The van der Waals surface area contributed by atoms with Crippen LogP contribution in [-0.2, 0) is 32.0 Å². The van der Waals surface area contributed by atoms with E-state index in [4.69, 9.17) is 5.63 Å². The Kier molecular flexibility index (Phi) is 7.71. The van der Waals surface area contributed by atoms with Crippen LogP contribution >= 0.6 is 0 Å². The fourth-order valence-corrected chi connectivity index (χ4v) is 15.8. The van der Waals surface area contributed by atoms with Crippen molar-refractivity contribution in [3.8, 4) is 11.5 Å². The van der Waals surface area contributed by atoms with Crippen LogP contribution in [0.2, 0.25) is 0 Å². The zero-order valence-electron chi connectivity index (χ0n) is 24.5. The first-order valence-corrected chi connectivity index (χ1v) is 18.0. The first-order valence-electron chi connectivity index (χ1n) is 13.6. The van der Waals surface area contributed by atoms with Gasteiger partial charge in [-0.05, 0) is 0 Å². The molecule has 0 saturated heterocycles. The molecule has 2 aromatic rings. The van der Waals surface area contributed by atoms with Gasteiger partial charge in [-0.3, -0.25) is 0 Å². The molecule has 0 N–H and O–H groups in total. The minimum absolute atomic E-state index is 0.0952. The van der Waals surface area contributed by atoms with Crippen LogP contribution < -0.4 is 5.63 Å². The predicted molar refractivity (Wildman–Crippen MR) is 154 cm³/mol. The summed E-state index contributed by atoms with van der Waals surface area (Å²) in [6.07, 6.45) is 6.62. The van der Waals surface area contributed by atoms with E-state index in [-0.39, 0.29) is 10.8 Å². The molecule has 0 bridgehead atoms. The van der Waals surface area contributed by atoms with E-state index in [0.29, 0.717) is 0 Å². The molecular formula is C34H44O2Zr. The maximum absolute atomic E-state index is 7.31. The summed E-state index contributed by atoms with van der Waals surface area (Å²) in [7, 11) is 0. The first kappa shape index (κ1) is 27.9. The van der Waals surface area contributed by atoms with Crippen molar-refractivity contribution in [3.05, 3.63) is 101 Å². The summed E-state index contributed by atoms with van der Waals surface area (Å²) in [6.45, 7) is 22.5. The van der Waals surface area contributed by atoms with Crippen molar-refractivity contribution in [1.29, 1.82) is 0 Å². The average Bonchev–Trinajstić information content (AvgIpc) is 3.33. The number of hydrogen-bond donors (Lipinski definition) is 0. The van der Waals surface area contributed by atoms with E-state index in [0.717, 1.165) is 24.3 Å². The second-order valence-corrected chi connectivity index (χ2v) is 19.4. The monoisotopic (exact) mass is 574 g/mol. The number of hydrogen-bond acceptors (Lipinski definition) is 2. The van der Waals surface area contributed by atoms with Crippen LogP contribution in [-0.4, -0.2) is 0 Å². The Bertz CT molecular complexity index is 1180. The topological polar surface area (TPSA) is 18.5 Å². The average molecular weight is 576 g/mol. The van der Waals surface area contributed by atoms with E-state index in [1.165, 1.54) is 40.0 Å². The molecular weight excluding hydrogens is 532 g/mol. The molecule has 2 nitrogen and oxygen atoms in total. The summed E-state index contributed by atoms with van der Waals surface area (Å²) in [5.74, 6) is 1.80. The third kappa shape index (κ3) is 5.68. The molecule has 0 unspecified atom stereocenters. The Balaban J connectivity index is 1.90. The van der Waals surface area contributed by atoms with Gasteiger partial charge in [0.25, 0.3) is 0 Å². The summed E-state index contributed by atoms with van der Waals surface area (Å²) in [5.41, 5.74) is 8.18. The molecule has 0 amide bonds. The van der Waals surface area contributed by atoms with Gasteiger partial charge in [0.05, 0.1) is 0 Å². The molecule has 196 valence electrons. The Morgan fingerprint density at radius 2 is 0.865 bits per heavy atom. The summed E-state index contributed by atoms with van der Waals surface area (Å²) in [4.78, 5) is 0. The quantitative estimate of drug-likeness (QED) is 0.341. The molecule has 2 aliphatic rings. The fourth-order valence-electron chi connectivity index (χ4n) is 5.50. The van der Waals surface area contributed by atoms with Crippen molar-refractivity contribution < 1.29 is 26.8 Å². The van der Waals surface area contributed by atoms with Crippen molar-refractivity contribution in [3.63, 3.8) is 0 Å².